The van der Waals surface area contributed by atoms with Crippen molar-refractivity contribution in [3.8, 4) is 0 Å². The summed E-state index contributed by atoms with van der Waals surface area (Å²) in [5, 5.41) is 0. The van der Waals surface area contributed by atoms with E-state index >= 15 is 0 Å². The molecule has 3 nitrogen and oxygen atoms in total. The lowest BCUT2D eigenvalue weighted by atomic mass is 10.2. The number of hydrogen-bond acceptors (Lipinski definition) is 2. The Bertz CT molecular complexity index is 403. The van der Waals surface area contributed by atoms with Crippen LogP contribution in [-0.2, 0) is 11.3 Å². The van der Waals surface area contributed by atoms with Crippen LogP contribution in [0.1, 0.15) is 12.0 Å². The Morgan fingerprint density at radius 1 is 1.38 bits per heavy atom. The van der Waals surface area contributed by atoms with E-state index in [-0.39, 0.29) is 6.09 Å². The molecule has 1 saturated heterocycles. The number of benzene rings is 1. The topological polar surface area (TPSA) is 29.5 Å². The Balaban J connectivity index is 2.00. The predicted octanol–water partition coefficient (Wildman–Crippen LogP) is 3.31. The highest BCUT2D eigenvalue weighted by Crippen LogP contribution is 2.18. The molecule has 0 N–H and O–H groups in total. The summed E-state index contributed by atoms with van der Waals surface area (Å²) < 4.78 is 6.98. The molecule has 1 aromatic carbocycles. The summed E-state index contributed by atoms with van der Waals surface area (Å²) >= 11 is 2.09. The number of rotatable bonds is 2. The van der Waals surface area contributed by atoms with Crippen molar-refractivity contribution in [3.05, 3.63) is 45.7 Å². The molecule has 0 aliphatic carbocycles. The van der Waals surface area contributed by atoms with Crippen LogP contribution in [0.4, 0.5) is 4.79 Å². The summed E-state index contributed by atoms with van der Waals surface area (Å²) in [6, 6.07) is 9.93. The van der Waals surface area contributed by atoms with E-state index in [1.54, 1.807) is 4.90 Å². The Morgan fingerprint density at radius 2 is 2.12 bits per heavy atom. The van der Waals surface area contributed by atoms with Gasteiger partial charge in [0.15, 0.2) is 0 Å². The molecule has 0 radical (unpaired) electrons. The van der Waals surface area contributed by atoms with Crippen LogP contribution >= 0.6 is 22.6 Å². The summed E-state index contributed by atoms with van der Waals surface area (Å²) in [5.74, 6) is 0.759. The molecular weight excluding hydrogens is 317 g/mol. The van der Waals surface area contributed by atoms with Gasteiger partial charge in [0.2, 0.25) is 0 Å². The third-order valence-corrected chi connectivity index (χ3v) is 3.14. The lowest BCUT2D eigenvalue weighted by Crippen LogP contribution is -2.36. The van der Waals surface area contributed by atoms with Crippen LogP contribution in [0.3, 0.4) is 0 Å². The number of carbonyl (C=O) groups is 1. The lowest BCUT2D eigenvalue weighted by Gasteiger charge is -2.27. The van der Waals surface area contributed by atoms with E-state index in [0.29, 0.717) is 6.54 Å². The number of carbonyl (C=O) groups excluding carboxylic acids is 1. The van der Waals surface area contributed by atoms with Crippen molar-refractivity contribution in [1.82, 2.24) is 4.90 Å². The maximum Gasteiger partial charge on any atom is 0.415 e. The molecule has 16 heavy (non-hydrogen) atoms. The maximum atomic E-state index is 11.6. The summed E-state index contributed by atoms with van der Waals surface area (Å²) in [7, 11) is 0. The van der Waals surface area contributed by atoms with Crippen molar-refractivity contribution in [2.45, 2.75) is 13.0 Å². The zero-order valence-corrected chi connectivity index (χ0v) is 10.9. The van der Waals surface area contributed by atoms with Gasteiger partial charge < -0.3 is 9.64 Å². The van der Waals surface area contributed by atoms with Gasteiger partial charge in [-0.05, 0) is 28.2 Å². The number of halogens is 1. The molecular formula is C12H12INO2. The third kappa shape index (κ3) is 2.75. The van der Waals surface area contributed by atoms with Crippen LogP contribution in [0.2, 0.25) is 0 Å². The number of amides is 1. The SMILES string of the molecule is O=C1O/C(=C/I)CCN1Cc1ccccc1. The van der Waals surface area contributed by atoms with Crippen LogP contribution in [0.25, 0.3) is 0 Å². The van der Waals surface area contributed by atoms with E-state index < -0.39 is 0 Å². The fourth-order valence-corrected chi connectivity index (χ4v) is 2.03. The highest BCUT2D eigenvalue weighted by Gasteiger charge is 2.22. The van der Waals surface area contributed by atoms with Gasteiger partial charge in [-0.2, -0.15) is 0 Å². The molecule has 0 saturated carbocycles. The Labute approximate surface area is 108 Å². The largest absolute Gasteiger partial charge is 0.415 e. The molecule has 0 unspecified atom stereocenters. The van der Waals surface area contributed by atoms with Gasteiger partial charge >= 0.3 is 6.09 Å². The first kappa shape index (κ1) is 11.4. The van der Waals surface area contributed by atoms with E-state index in [1.165, 1.54) is 0 Å². The normalized spacial score (nSPS) is 18.7. The zero-order chi connectivity index (χ0) is 11.4. The average Bonchev–Trinajstić information content (AvgIpc) is 2.33. The minimum atomic E-state index is -0.252. The van der Waals surface area contributed by atoms with Crippen molar-refractivity contribution in [2.75, 3.05) is 6.54 Å². The van der Waals surface area contributed by atoms with Crippen molar-refractivity contribution < 1.29 is 9.53 Å². The van der Waals surface area contributed by atoms with Crippen LogP contribution in [0.5, 0.6) is 0 Å². The predicted molar refractivity (Wildman–Crippen MR) is 70.1 cm³/mol. The second-order valence-corrected chi connectivity index (χ2v) is 4.22. The van der Waals surface area contributed by atoms with Crippen LogP contribution in [-0.4, -0.2) is 17.5 Å². The molecule has 1 amide bonds. The smallest absolute Gasteiger partial charge is 0.414 e. The average molecular weight is 329 g/mol. The molecule has 0 spiro atoms. The molecule has 84 valence electrons. The molecule has 0 atom stereocenters. The molecule has 0 bridgehead atoms. The van der Waals surface area contributed by atoms with Gasteiger partial charge in [0.25, 0.3) is 0 Å². The number of nitrogens with zero attached hydrogens (tertiary/aromatic N) is 1. The summed E-state index contributed by atoms with van der Waals surface area (Å²) in [6.45, 7) is 1.34. The van der Waals surface area contributed by atoms with E-state index in [4.69, 9.17) is 4.74 Å². The van der Waals surface area contributed by atoms with Crippen molar-refractivity contribution in [2.24, 2.45) is 0 Å². The summed E-state index contributed by atoms with van der Waals surface area (Å²) in [6.07, 6.45) is 0.541. The molecule has 2 rings (SSSR count). The van der Waals surface area contributed by atoms with Crippen LogP contribution < -0.4 is 0 Å². The Morgan fingerprint density at radius 3 is 2.75 bits per heavy atom. The van der Waals surface area contributed by atoms with Crippen molar-refractivity contribution >= 4 is 28.7 Å². The first-order valence-corrected chi connectivity index (χ1v) is 6.34. The minimum absolute atomic E-state index is 0.252. The van der Waals surface area contributed by atoms with Crippen molar-refractivity contribution in [1.29, 1.82) is 0 Å². The number of cyclic esters (lactones) is 1. The zero-order valence-electron chi connectivity index (χ0n) is 8.73. The molecule has 1 aliphatic rings. The van der Waals surface area contributed by atoms with E-state index in [0.717, 1.165) is 24.3 Å². The van der Waals surface area contributed by atoms with E-state index in [9.17, 15) is 4.79 Å². The first-order chi connectivity index (χ1) is 7.79. The number of hydrogen-bond donors (Lipinski definition) is 0. The molecule has 1 fully saturated rings. The fraction of sp³-hybridized carbons (Fsp3) is 0.250. The van der Waals surface area contributed by atoms with Gasteiger partial charge in [-0.15, -0.1) is 0 Å². The Hall–Kier alpha value is -1.04. The first-order valence-electron chi connectivity index (χ1n) is 5.09. The summed E-state index contributed by atoms with van der Waals surface area (Å²) in [5.41, 5.74) is 1.13. The standard InChI is InChI=1S/C12H12INO2/c13-8-11-6-7-14(12(15)16-11)9-10-4-2-1-3-5-10/h1-5,8H,6-7,9H2/b11-8+. The van der Waals surface area contributed by atoms with Gasteiger partial charge in [0.05, 0.1) is 0 Å². The summed E-state index contributed by atoms with van der Waals surface area (Å²) in [4.78, 5) is 13.3. The van der Waals surface area contributed by atoms with Gasteiger partial charge in [-0.1, -0.05) is 30.3 Å². The fourth-order valence-electron chi connectivity index (χ4n) is 1.59. The van der Waals surface area contributed by atoms with Gasteiger partial charge in [0.1, 0.15) is 5.76 Å². The third-order valence-electron chi connectivity index (χ3n) is 2.44. The maximum absolute atomic E-state index is 11.6. The van der Waals surface area contributed by atoms with E-state index in [2.05, 4.69) is 22.6 Å². The van der Waals surface area contributed by atoms with Gasteiger partial charge in [0, 0.05) is 23.6 Å². The van der Waals surface area contributed by atoms with E-state index in [1.807, 2.05) is 34.4 Å². The lowest BCUT2D eigenvalue weighted by molar-refractivity contribution is 0.102. The van der Waals surface area contributed by atoms with Crippen molar-refractivity contribution in [3.63, 3.8) is 0 Å². The molecule has 0 aromatic heterocycles. The molecule has 1 heterocycles. The number of ether oxygens (including phenoxy) is 1. The minimum Gasteiger partial charge on any atom is -0.414 e. The monoisotopic (exact) mass is 329 g/mol. The van der Waals surface area contributed by atoms with Crippen LogP contribution in [0, 0.1) is 0 Å². The molecule has 4 heteroatoms. The van der Waals surface area contributed by atoms with Gasteiger partial charge in [-0.3, -0.25) is 0 Å². The van der Waals surface area contributed by atoms with Gasteiger partial charge in [-0.25, -0.2) is 4.79 Å². The highest BCUT2D eigenvalue weighted by molar-refractivity contribution is 14.1. The highest BCUT2D eigenvalue weighted by atomic mass is 127. The Kier molecular flexibility index (Phi) is 3.82. The molecule has 1 aliphatic heterocycles. The molecule has 1 aromatic rings. The second-order valence-electron chi connectivity index (χ2n) is 3.60. The quantitative estimate of drug-likeness (QED) is 0.779. The second kappa shape index (κ2) is 5.34. The van der Waals surface area contributed by atoms with Crippen LogP contribution in [0.15, 0.2) is 40.2 Å².